The Bertz CT molecular complexity index is 993. The van der Waals surface area contributed by atoms with Crippen LogP contribution in [0.3, 0.4) is 0 Å². The molecule has 0 aliphatic carbocycles. The van der Waals surface area contributed by atoms with Crippen LogP contribution >= 0.6 is 22.9 Å². The number of nitrogens with zero attached hydrogens (tertiary/aromatic N) is 3. The summed E-state index contributed by atoms with van der Waals surface area (Å²) < 4.78 is 8.86. The fourth-order valence-electron chi connectivity index (χ4n) is 2.71. The maximum Gasteiger partial charge on any atom is 0.184 e. The van der Waals surface area contributed by atoms with Gasteiger partial charge in [0.25, 0.3) is 0 Å². The van der Waals surface area contributed by atoms with Gasteiger partial charge in [0.15, 0.2) is 9.95 Å². The van der Waals surface area contributed by atoms with E-state index in [1.807, 2.05) is 35.8 Å². The number of aryl methyl sites for hydroxylation is 1. The van der Waals surface area contributed by atoms with Gasteiger partial charge in [0.2, 0.25) is 0 Å². The monoisotopic (exact) mass is 406 g/mol. The van der Waals surface area contributed by atoms with Gasteiger partial charge in [-0.2, -0.15) is 0 Å². The van der Waals surface area contributed by atoms with Crippen molar-refractivity contribution < 1.29 is 4.74 Å². The molecule has 0 saturated heterocycles. The topological polar surface area (TPSA) is 63.8 Å². The molecule has 8 heteroatoms. The first kappa shape index (κ1) is 19.2. The normalized spacial score (nSPS) is 12.0. The molecule has 0 saturated carbocycles. The molecule has 0 bridgehead atoms. The van der Waals surface area contributed by atoms with E-state index >= 15 is 0 Å². The molecule has 3 rings (SSSR count). The number of nitrogens with one attached hydrogen (secondary N) is 1. The average molecular weight is 407 g/mol. The standard InChI is InChI=1S/C18H23ClN4OSSi/c1-12-10-15(19)21-22-16(12)13-6-5-7-14-17(13)23(18(20)25-14)11-24-8-9-26(2,3)4/h5-7,10,20H,8-9,11H2,1-4H3. The number of thiazole rings is 1. The van der Waals surface area contributed by atoms with Gasteiger partial charge >= 0.3 is 0 Å². The molecule has 0 spiro atoms. The van der Waals surface area contributed by atoms with E-state index in [4.69, 9.17) is 21.7 Å². The molecule has 0 fully saturated rings. The molecule has 1 aromatic carbocycles. The summed E-state index contributed by atoms with van der Waals surface area (Å²) in [6, 6.07) is 8.94. The Labute approximate surface area is 163 Å². The van der Waals surface area contributed by atoms with Gasteiger partial charge in [-0.3, -0.25) is 9.98 Å². The highest BCUT2D eigenvalue weighted by Crippen LogP contribution is 2.31. The minimum atomic E-state index is -1.13. The Balaban J connectivity index is 1.99. The molecule has 26 heavy (non-hydrogen) atoms. The van der Waals surface area contributed by atoms with E-state index < -0.39 is 8.07 Å². The van der Waals surface area contributed by atoms with Crippen molar-refractivity contribution in [3.05, 3.63) is 39.8 Å². The van der Waals surface area contributed by atoms with Crippen LogP contribution < -0.4 is 4.80 Å². The lowest BCUT2D eigenvalue weighted by Crippen LogP contribution is -2.23. The van der Waals surface area contributed by atoms with Crippen molar-refractivity contribution in [2.24, 2.45) is 0 Å². The second-order valence-corrected chi connectivity index (χ2v) is 14.6. The second kappa shape index (κ2) is 7.60. The number of aromatic nitrogens is 3. The summed E-state index contributed by atoms with van der Waals surface area (Å²) in [5.74, 6) is 0. The molecule has 0 unspecified atom stereocenters. The van der Waals surface area contributed by atoms with Gasteiger partial charge in [0, 0.05) is 20.2 Å². The van der Waals surface area contributed by atoms with Crippen LogP contribution in [0.25, 0.3) is 21.5 Å². The zero-order valence-electron chi connectivity index (χ0n) is 15.5. The molecule has 5 nitrogen and oxygen atoms in total. The largest absolute Gasteiger partial charge is 0.361 e. The van der Waals surface area contributed by atoms with Gasteiger partial charge < -0.3 is 4.74 Å². The van der Waals surface area contributed by atoms with Crippen molar-refractivity contribution in [3.63, 3.8) is 0 Å². The van der Waals surface area contributed by atoms with Crippen molar-refractivity contribution in [2.75, 3.05) is 6.61 Å². The maximum atomic E-state index is 8.36. The van der Waals surface area contributed by atoms with Crippen molar-refractivity contribution in [2.45, 2.75) is 39.3 Å². The Kier molecular flexibility index (Phi) is 5.62. The number of ether oxygens (including phenoxy) is 1. The molecule has 138 valence electrons. The number of para-hydroxylation sites is 1. The van der Waals surface area contributed by atoms with Crippen molar-refractivity contribution in [1.29, 1.82) is 5.41 Å². The van der Waals surface area contributed by atoms with Gasteiger partial charge in [-0.1, -0.05) is 54.7 Å². The van der Waals surface area contributed by atoms with E-state index in [1.54, 1.807) is 0 Å². The van der Waals surface area contributed by atoms with E-state index in [0.717, 1.165) is 39.7 Å². The summed E-state index contributed by atoms with van der Waals surface area (Å²) in [6.07, 6.45) is 0. The Morgan fingerprint density at radius 3 is 2.73 bits per heavy atom. The molecule has 1 N–H and O–H groups in total. The molecule has 2 heterocycles. The quantitative estimate of drug-likeness (QED) is 0.467. The lowest BCUT2D eigenvalue weighted by atomic mass is 10.1. The Hall–Kier alpha value is -1.54. The second-order valence-electron chi connectivity index (χ2n) is 7.53. The van der Waals surface area contributed by atoms with E-state index in [9.17, 15) is 0 Å². The Morgan fingerprint density at radius 2 is 2.04 bits per heavy atom. The lowest BCUT2D eigenvalue weighted by molar-refractivity contribution is 0.0881. The van der Waals surface area contributed by atoms with Crippen LogP contribution in [0.15, 0.2) is 24.3 Å². The fourth-order valence-corrected chi connectivity index (χ4v) is 4.60. The van der Waals surface area contributed by atoms with Crippen LogP contribution in [-0.2, 0) is 11.5 Å². The number of halogens is 1. The molecule has 0 radical (unpaired) electrons. The van der Waals surface area contributed by atoms with Crippen LogP contribution in [0.4, 0.5) is 0 Å². The third-order valence-corrected chi connectivity index (χ3v) is 7.00. The molecule has 2 aromatic heterocycles. The first-order chi connectivity index (χ1) is 12.3. The maximum absolute atomic E-state index is 8.36. The van der Waals surface area contributed by atoms with Crippen LogP contribution in [0, 0.1) is 12.3 Å². The van der Waals surface area contributed by atoms with E-state index in [1.165, 1.54) is 11.3 Å². The third kappa shape index (κ3) is 4.23. The molecule has 0 amide bonds. The molecule has 0 aliphatic rings. The highest BCUT2D eigenvalue weighted by molar-refractivity contribution is 7.16. The molecular weight excluding hydrogens is 384 g/mol. The number of rotatable bonds is 6. The minimum absolute atomic E-state index is 0.375. The summed E-state index contributed by atoms with van der Waals surface area (Å²) in [6.45, 7) is 10.1. The first-order valence-electron chi connectivity index (χ1n) is 8.51. The molecule has 3 aromatic rings. The van der Waals surface area contributed by atoms with Crippen LogP contribution in [0.1, 0.15) is 5.56 Å². The molecule has 0 aliphatic heterocycles. The smallest absolute Gasteiger partial charge is 0.184 e. The van der Waals surface area contributed by atoms with Gasteiger partial charge in [0.1, 0.15) is 6.73 Å². The molecule has 0 atom stereocenters. The van der Waals surface area contributed by atoms with E-state index in [0.29, 0.717) is 16.7 Å². The lowest BCUT2D eigenvalue weighted by Gasteiger charge is -2.16. The molecular formula is C18H23ClN4OSSi. The number of fused-ring (bicyclic) bond motifs is 1. The number of hydrogen-bond donors (Lipinski definition) is 1. The predicted molar refractivity (Wildman–Crippen MR) is 111 cm³/mol. The van der Waals surface area contributed by atoms with Crippen LogP contribution in [-0.4, -0.2) is 29.4 Å². The van der Waals surface area contributed by atoms with Gasteiger partial charge in [-0.25, -0.2) is 0 Å². The van der Waals surface area contributed by atoms with Gasteiger partial charge in [0.05, 0.1) is 15.9 Å². The highest BCUT2D eigenvalue weighted by Gasteiger charge is 2.16. The number of benzene rings is 1. The summed E-state index contributed by atoms with van der Waals surface area (Å²) in [5, 5.41) is 17.0. The zero-order valence-corrected chi connectivity index (χ0v) is 18.0. The van der Waals surface area contributed by atoms with Crippen LogP contribution in [0.5, 0.6) is 0 Å². The van der Waals surface area contributed by atoms with E-state index in [-0.39, 0.29) is 0 Å². The predicted octanol–water partition coefficient (Wildman–Crippen LogP) is 4.91. The van der Waals surface area contributed by atoms with E-state index in [2.05, 4.69) is 29.8 Å². The SMILES string of the molecule is Cc1cc(Cl)nnc1-c1cccc2sc(=N)n(COCC[Si](C)(C)C)c12. The van der Waals surface area contributed by atoms with Crippen molar-refractivity contribution >= 4 is 41.2 Å². The summed E-state index contributed by atoms with van der Waals surface area (Å²) in [5.41, 5.74) is 3.66. The van der Waals surface area contributed by atoms with Crippen molar-refractivity contribution in [1.82, 2.24) is 14.8 Å². The number of hydrogen-bond acceptors (Lipinski definition) is 5. The summed E-state index contributed by atoms with van der Waals surface area (Å²) in [7, 11) is -1.13. The minimum Gasteiger partial charge on any atom is -0.361 e. The highest BCUT2D eigenvalue weighted by atomic mass is 35.5. The fraction of sp³-hybridized carbons (Fsp3) is 0.389. The zero-order chi connectivity index (χ0) is 18.9. The summed E-state index contributed by atoms with van der Waals surface area (Å²) >= 11 is 7.40. The van der Waals surface area contributed by atoms with Crippen LogP contribution in [0.2, 0.25) is 30.8 Å². The third-order valence-electron chi connectivity index (χ3n) is 4.15. The Morgan fingerprint density at radius 1 is 1.27 bits per heavy atom. The average Bonchev–Trinajstić information content (AvgIpc) is 2.86. The van der Waals surface area contributed by atoms with Gasteiger partial charge in [-0.05, 0) is 30.7 Å². The van der Waals surface area contributed by atoms with Crippen molar-refractivity contribution in [3.8, 4) is 11.3 Å². The van der Waals surface area contributed by atoms with Gasteiger partial charge in [-0.15, -0.1) is 10.2 Å². The summed E-state index contributed by atoms with van der Waals surface area (Å²) in [4.78, 5) is 0.472. The first-order valence-corrected chi connectivity index (χ1v) is 13.4.